The summed E-state index contributed by atoms with van der Waals surface area (Å²) in [4.78, 5) is 31.2. The highest BCUT2D eigenvalue weighted by Crippen LogP contribution is 2.22. The van der Waals surface area contributed by atoms with Gasteiger partial charge in [0.05, 0.1) is 7.11 Å². The van der Waals surface area contributed by atoms with E-state index < -0.39 is 17.5 Å². The average molecular weight is 341 g/mol. The second-order valence-electron chi connectivity index (χ2n) is 5.78. The van der Waals surface area contributed by atoms with Crippen molar-refractivity contribution < 1.29 is 23.8 Å². The third kappa shape index (κ3) is 4.92. The van der Waals surface area contributed by atoms with Crippen molar-refractivity contribution in [1.29, 1.82) is 0 Å². The molecule has 1 unspecified atom stereocenters. The average Bonchev–Trinajstić information content (AvgIpc) is 3.11. The smallest absolute Gasteiger partial charge is 0.357 e. The van der Waals surface area contributed by atoms with Gasteiger partial charge in [0.15, 0.2) is 5.69 Å². The molecule has 2 heterocycles. The highest BCUT2D eigenvalue weighted by molar-refractivity contribution is 7.09. The summed E-state index contributed by atoms with van der Waals surface area (Å²) in [5, 5.41) is 5.32. The van der Waals surface area contributed by atoms with Crippen molar-refractivity contribution in [2.75, 3.05) is 20.3 Å². The summed E-state index contributed by atoms with van der Waals surface area (Å²) in [5.74, 6) is -0.911. The Labute approximate surface area is 137 Å². The van der Waals surface area contributed by atoms with E-state index in [1.54, 1.807) is 26.2 Å². The number of thiazole rings is 1. The van der Waals surface area contributed by atoms with Gasteiger partial charge < -0.3 is 19.5 Å². The number of carbonyl (C=O) groups excluding carboxylic acids is 2. The summed E-state index contributed by atoms with van der Waals surface area (Å²) < 4.78 is 15.2. The molecule has 1 aromatic rings. The van der Waals surface area contributed by atoms with Gasteiger partial charge in [-0.3, -0.25) is 4.79 Å². The number of amidine groups is 1. The van der Waals surface area contributed by atoms with E-state index in [9.17, 15) is 9.59 Å². The lowest BCUT2D eigenvalue weighted by Crippen LogP contribution is -2.26. The van der Waals surface area contributed by atoms with E-state index in [1.165, 1.54) is 18.4 Å². The van der Waals surface area contributed by atoms with Gasteiger partial charge in [-0.15, -0.1) is 11.3 Å². The molecule has 126 valence electrons. The predicted molar refractivity (Wildman–Crippen MR) is 83.4 cm³/mol. The van der Waals surface area contributed by atoms with Crippen LogP contribution < -0.4 is 5.32 Å². The molecule has 1 atom stereocenters. The van der Waals surface area contributed by atoms with Crippen LogP contribution in [0, 0.1) is 0 Å². The minimum Gasteiger partial charge on any atom is -0.464 e. The van der Waals surface area contributed by atoms with E-state index in [1.807, 2.05) is 0 Å². The summed E-state index contributed by atoms with van der Waals surface area (Å²) in [6.45, 7) is 5.57. The fourth-order valence-electron chi connectivity index (χ4n) is 1.78. The Hall–Kier alpha value is -2.16. The standard InChI is InChI=1S/C14H19N3O5S/c1-14(2,3)22-10(18)5-15-13-17-8(6-21-13)11-16-9(7-23-11)12(19)20-4/h7-8H,5-6H2,1-4H3,(H,15,17). The predicted octanol–water partition coefficient (Wildman–Crippen LogP) is 1.29. The van der Waals surface area contributed by atoms with Crippen molar-refractivity contribution in [3.8, 4) is 0 Å². The molecule has 0 amide bonds. The molecular formula is C14H19N3O5S. The lowest BCUT2D eigenvalue weighted by molar-refractivity contribution is -0.152. The fourth-order valence-corrected chi connectivity index (χ4v) is 2.60. The number of methoxy groups -OCH3 is 1. The van der Waals surface area contributed by atoms with Gasteiger partial charge in [-0.1, -0.05) is 0 Å². The van der Waals surface area contributed by atoms with Gasteiger partial charge in [-0.2, -0.15) is 0 Å². The summed E-state index contributed by atoms with van der Waals surface area (Å²) >= 11 is 1.32. The van der Waals surface area contributed by atoms with Crippen molar-refractivity contribution in [2.24, 2.45) is 4.99 Å². The van der Waals surface area contributed by atoms with E-state index in [-0.39, 0.29) is 24.3 Å². The zero-order chi connectivity index (χ0) is 17.0. The van der Waals surface area contributed by atoms with Gasteiger partial charge in [0.1, 0.15) is 29.8 Å². The topological polar surface area (TPSA) is 99.1 Å². The third-order valence-corrected chi connectivity index (χ3v) is 3.63. The molecule has 1 saturated heterocycles. The summed E-state index contributed by atoms with van der Waals surface area (Å²) in [7, 11) is 1.31. The summed E-state index contributed by atoms with van der Waals surface area (Å²) in [6, 6.07) is 0.0477. The molecular weight excluding hydrogens is 322 g/mol. The quantitative estimate of drug-likeness (QED) is 0.824. The van der Waals surface area contributed by atoms with Crippen LogP contribution >= 0.6 is 11.3 Å². The third-order valence-electron chi connectivity index (χ3n) is 2.67. The Morgan fingerprint density at radius 1 is 1.52 bits per heavy atom. The maximum atomic E-state index is 11.6. The Morgan fingerprint density at radius 3 is 2.91 bits per heavy atom. The van der Waals surface area contributed by atoms with Crippen LogP contribution in [0.1, 0.15) is 42.3 Å². The van der Waals surface area contributed by atoms with Crippen LogP contribution in [0.2, 0.25) is 0 Å². The van der Waals surface area contributed by atoms with Gasteiger partial charge in [0.2, 0.25) is 0 Å². The number of aliphatic imine (C=N–C) groups is 1. The molecule has 0 aromatic carbocycles. The molecule has 23 heavy (non-hydrogen) atoms. The van der Waals surface area contributed by atoms with E-state index in [2.05, 4.69) is 20.0 Å². The molecule has 0 spiro atoms. The summed E-state index contributed by atoms with van der Waals surface area (Å²) in [6.07, 6.45) is 0. The van der Waals surface area contributed by atoms with E-state index >= 15 is 0 Å². The Morgan fingerprint density at radius 2 is 2.26 bits per heavy atom. The van der Waals surface area contributed by atoms with Crippen molar-refractivity contribution in [2.45, 2.75) is 32.4 Å². The largest absolute Gasteiger partial charge is 0.464 e. The van der Waals surface area contributed by atoms with Gasteiger partial charge >= 0.3 is 11.9 Å². The lowest BCUT2D eigenvalue weighted by Gasteiger charge is -2.18. The minimum absolute atomic E-state index is 0.127. The highest BCUT2D eigenvalue weighted by Gasteiger charge is 2.27. The van der Waals surface area contributed by atoms with Gasteiger partial charge in [0.25, 0.3) is 6.02 Å². The molecule has 1 aliphatic heterocycles. The number of aromatic nitrogens is 1. The van der Waals surface area contributed by atoms with Crippen molar-refractivity contribution in [3.63, 3.8) is 0 Å². The first-order chi connectivity index (χ1) is 10.8. The SMILES string of the molecule is COC(=O)c1csc(C2COC(=NCC(=O)OC(C)(C)C)N2)n1. The fraction of sp³-hybridized carbons (Fsp3) is 0.571. The Balaban J connectivity index is 1.90. The molecule has 1 fully saturated rings. The molecule has 1 aromatic heterocycles. The first kappa shape index (κ1) is 17.2. The molecule has 2 rings (SSSR count). The van der Waals surface area contributed by atoms with Crippen LogP contribution in [0.3, 0.4) is 0 Å². The van der Waals surface area contributed by atoms with Crippen molar-refractivity contribution in [3.05, 3.63) is 16.1 Å². The first-order valence-electron chi connectivity index (χ1n) is 6.98. The normalized spacial score (nSPS) is 19.1. The molecule has 0 aliphatic carbocycles. The zero-order valence-electron chi connectivity index (χ0n) is 13.4. The van der Waals surface area contributed by atoms with Gasteiger partial charge in [-0.05, 0) is 20.8 Å². The summed E-state index contributed by atoms with van der Waals surface area (Å²) in [5.41, 5.74) is -0.289. The van der Waals surface area contributed by atoms with E-state index in [4.69, 9.17) is 9.47 Å². The lowest BCUT2D eigenvalue weighted by atomic mass is 10.2. The second kappa shape index (κ2) is 6.95. The molecule has 8 nitrogen and oxygen atoms in total. The Kier molecular flexibility index (Phi) is 5.19. The number of nitrogens with zero attached hydrogens (tertiary/aromatic N) is 2. The van der Waals surface area contributed by atoms with E-state index in [0.29, 0.717) is 11.6 Å². The van der Waals surface area contributed by atoms with Crippen LogP contribution in [-0.4, -0.2) is 48.8 Å². The molecule has 1 aliphatic rings. The Bertz CT molecular complexity index is 620. The maximum absolute atomic E-state index is 11.6. The van der Waals surface area contributed by atoms with Crippen LogP contribution in [0.15, 0.2) is 10.4 Å². The van der Waals surface area contributed by atoms with Crippen LogP contribution in [-0.2, 0) is 19.0 Å². The van der Waals surface area contributed by atoms with Crippen molar-refractivity contribution >= 4 is 29.3 Å². The van der Waals surface area contributed by atoms with Crippen molar-refractivity contribution in [1.82, 2.24) is 10.3 Å². The molecule has 0 bridgehead atoms. The molecule has 9 heteroatoms. The molecule has 0 saturated carbocycles. The number of carbonyl (C=O) groups is 2. The molecule has 1 N–H and O–H groups in total. The van der Waals surface area contributed by atoms with Crippen LogP contribution in [0.5, 0.6) is 0 Å². The van der Waals surface area contributed by atoms with Gasteiger partial charge in [0, 0.05) is 5.38 Å². The number of hydrogen-bond acceptors (Lipinski definition) is 8. The molecule has 0 radical (unpaired) electrons. The monoisotopic (exact) mass is 341 g/mol. The first-order valence-corrected chi connectivity index (χ1v) is 7.86. The van der Waals surface area contributed by atoms with Crippen LogP contribution in [0.25, 0.3) is 0 Å². The second-order valence-corrected chi connectivity index (χ2v) is 6.67. The van der Waals surface area contributed by atoms with E-state index in [0.717, 1.165) is 0 Å². The number of ether oxygens (including phenoxy) is 3. The number of esters is 2. The number of nitrogens with one attached hydrogen (secondary N) is 1. The van der Waals surface area contributed by atoms with Crippen LogP contribution in [0.4, 0.5) is 0 Å². The maximum Gasteiger partial charge on any atom is 0.357 e. The zero-order valence-corrected chi connectivity index (χ0v) is 14.2. The van der Waals surface area contributed by atoms with Gasteiger partial charge in [-0.25, -0.2) is 14.8 Å². The number of hydrogen-bond donors (Lipinski definition) is 1. The minimum atomic E-state index is -0.547. The number of rotatable bonds is 4. The highest BCUT2D eigenvalue weighted by atomic mass is 32.1.